The molecule has 0 spiro atoms. The summed E-state index contributed by atoms with van der Waals surface area (Å²) in [5.74, 6) is 0. The molecule has 0 amide bonds. The van der Waals surface area contributed by atoms with Crippen LogP contribution in [0.2, 0.25) is 0 Å². The number of rotatable bonds is 1. The van der Waals surface area contributed by atoms with E-state index < -0.39 is 11.7 Å². The van der Waals surface area contributed by atoms with Gasteiger partial charge in [-0.3, -0.25) is 0 Å². The highest BCUT2D eigenvalue weighted by Gasteiger charge is 2.38. The van der Waals surface area contributed by atoms with Crippen LogP contribution in [-0.4, -0.2) is 21.9 Å². The largest absolute Gasteiger partial charge is 0.390 e. The fourth-order valence-electron chi connectivity index (χ4n) is 1.85. The predicted octanol–water partition coefficient (Wildman–Crippen LogP) is 1.62. The van der Waals surface area contributed by atoms with Gasteiger partial charge in [0.05, 0.1) is 6.10 Å². The molecule has 0 aliphatic heterocycles. The summed E-state index contributed by atoms with van der Waals surface area (Å²) in [6.45, 7) is 3.78. The first-order valence-corrected chi connectivity index (χ1v) is 4.65. The molecule has 0 aromatic rings. The summed E-state index contributed by atoms with van der Waals surface area (Å²) in [7, 11) is 0. The van der Waals surface area contributed by atoms with E-state index in [0.29, 0.717) is 6.42 Å². The Morgan fingerprint density at radius 2 is 2.17 bits per heavy atom. The van der Waals surface area contributed by atoms with E-state index in [1.165, 1.54) is 0 Å². The van der Waals surface area contributed by atoms with Crippen molar-refractivity contribution in [2.75, 3.05) is 0 Å². The predicted molar refractivity (Wildman–Crippen MR) is 48.9 cm³/mol. The fraction of sp³-hybridized carbons (Fsp3) is 0.800. The number of hydrogen-bond donors (Lipinski definition) is 2. The van der Waals surface area contributed by atoms with Crippen molar-refractivity contribution in [3.8, 4) is 0 Å². The Hall–Kier alpha value is -0.340. The quantitative estimate of drug-likeness (QED) is 0.587. The van der Waals surface area contributed by atoms with E-state index >= 15 is 0 Å². The normalized spacial score (nSPS) is 38.3. The van der Waals surface area contributed by atoms with Crippen LogP contribution in [-0.2, 0) is 0 Å². The molecule has 70 valence electrons. The summed E-state index contributed by atoms with van der Waals surface area (Å²) < 4.78 is 0. The van der Waals surface area contributed by atoms with Gasteiger partial charge in [0.1, 0.15) is 5.60 Å². The van der Waals surface area contributed by atoms with Gasteiger partial charge in [-0.05, 0) is 32.3 Å². The van der Waals surface area contributed by atoms with Crippen molar-refractivity contribution in [2.45, 2.75) is 51.2 Å². The van der Waals surface area contributed by atoms with E-state index in [9.17, 15) is 10.2 Å². The summed E-state index contributed by atoms with van der Waals surface area (Å²) in [4.78, 5) is 0. The lowest BCUT2D eigenvalue weighted by Gasteiger charge is -2.37. The Morgan fingerprint density at radius 3 is 2.67 bits per heavy atom. The van der Waals surface area contributed by atoms with Crippen LogP contribution < -0.4 is 0 Å². The van der Waals surface area contributed by atoms with E-state index in [0.717, 1.165) is 24.8 Å². The molecule has 0 bridgehead atoms. The summed E-state index contributed by atoms with van der Waals surface area (Å²) >= 11 is 0. The van der Waals surface area contributed by atoms with E-state index in [2.05, 4.69) is 0 Å². The molecule has 2 heteroatoms. The molecule has 1 rings (SSSR count). The van der Waals surface area contributed by atoms with Crippen LogP contribution >= 0.6 is 0 Å². The van der Waals surface area contributed by atoms with Gasteiger partial charge >= 0.3 is 0 Å². The second kappa shape index (κ2) is 3.58. The molecule has 0 aromatic carbocycles. The summed E-state index contributed by atoms with van der Waals surface area (Å²) in [6, 6.07) is 0. The first kappa shape index (κ1) is 9.75. The van der Waals surface area contributed by atoms with Gasteiger partial charge < -0.3 is 10.2 Å². The molecule has 0 aromatic heterocycles. The van der Waals surface area contributed by atoms with Crippen LogP contribution in [0.5, 0.6) is 0 Å². The first-order valence-electron chi connectivity index (χ1n) is 4.65. The molecule has 2 nitrogen and oxygen atoms in total. The topological polar surface area (TPSA) is 40.5 Å². The third-order valence-electron chi connectivity index (χ3n) is 2.95. The molecule has 1 aliphatic rings. The lowest BCUT2D eigenvalue weighted by molar-refractivity contribution is -0.0734. The highest BCUT2D eigenvalue weighted by Crippen LogP contribution is 2.34. The molecule has 1 aliphatic carbocycles. The zero-order chi connectivity index (χ0) is 9.19. The summed E-state index contributed by atoms with van der Waals surface area (Å²) in [6.07, 6.45) is 4.78. The lowest BCUT2D eigenvalue weighted by atomic mass is 9.77. The van der Waals surface area contributed by atoms with Crippen molar-refractivity contribution in [3.63, 3.8) is 0 Å². The molecule has 0 saturated heterocycles. The Balaban J connectivity index is 2.79. The second-order valence-electron chi connectivity index (χ2n) is 3.66. The van der Waals surface area contributed by atoms with Crippen molar-refractivity contribution in [1.29, 1.82) is 0 Å². The summed E-state index contributed by atoms with van der Waals surface area (Å²) in [5.41, 5.74) is -0.0396. The molecule has 2 atom stereocenters. The molecule has 0 radical (unpaired) electrons. The lowest BCUT2D eigenvalue weighted by Crippen LogP contribution is -2.45. The van der Waals surface area contributed by atoms with E-state index in [1.807, 2.05) is 19.9 Å². The van der Waals surface area contributed by atoms with Gasteiger partial charge in [0.2, 0.25) is 0 Å². The maximum Gasteiger partial charge on any atom is 0.111 e. The maximum atomic E-state index is 10.1. The van der Waals surface area contributed by atoms with Crippen molar-refractivity contribution in [3.05, 3.63) is 11.6 Å². The molecule has 1 saturated carbocycles. The number of allylic oxidation sites excluding steroid dienone is 1. The highest BCUT2D eigenvalue weighted by molar-refractivity contribution is 5.17. The molecule has 2 N–H and O–H groups in total. The number of hydrogen-bond acceptors (Lipinski definition) is 2. The first-order chi connectivity index (χ1) is 5.61. The fourth-order valence-corrected chi connectivity index (χ4v) is 1.85. The molecule has 12 heavy (non-hydrogen) atoms. The van der Waals surface area contributed by atoms with Gasteiger partial charge in [-0.2, -0.15) is 0 Å². The van der Waals surface area contributed by atoms with Gasteiger partial charge in [0.15, 0.2) is 0 Å². The molecule has 1 fully saturated rings. The number of aliphatic hydroxyl groups is 2. The zero-order valence-electron chi connectivity index (χ0n) is 7.88. The Bertz CT molecular complexity index is 186. The van der Waals surface area contributed by atoms with Crippen molar-refractivity contribution in [2.24, 2.45) is 0 Å². The van der Waals surface area contributed by atoms with Crippen LogP contribution in [0.25, 0.3) is 0 Å². The zero-order valence-corrected chi connectivity index (χ0v) is 7.88. The van der Waals surface area contributed by atoms with E-state index in [-0.39, 0.29) is 0 Å². The van der Waals surface area contributed by atoms with Crippen LogP contribution in [0.1, 0.15) is 39.5 Å². The van der Waals surface area contributed by atoms with Crippen LogP contribution in [0.4, 0.5) is 0 Å². The minimum atomic E-state index is -0.937. The third-order valence-corrected chi connectivity index (χ3v) is 2.95. The molecular formula is C10H18O2. The Labute approximate surface area is 73.9 Å². The minimum absolute atomic E-state index is 0.567. The van der Waals surface area contributed by atoms with Crippen LogP contribution in [0.3, 0.4) is 0 Å². The molecular weight excluding hydrogens is 152 g/mol. The number of aliphatic hydroxyl groups excluding tert-OH is 1. The molecule has 2 unspecified atom stereocenters. The molecule has 0 heterocycles. The van der Waals surface area contributed by atoms with Gasteiger partial charge in [-0.15, -0.1) is 0 Å². The van der Waals surface area contributed by atoms with Crippen LogP contribution in [0, 0.1) is 0 Å². The maximum absolute atomic E-state index is 10.1. The van der Waals surface area contributed by atoms with Gasteiger partial charge in [0.25, 0.3) is 0 Å². The van der Waals surface area contributed by atoms with E-state index in [1.54, 1.807) is 0 Å². The standard InChI is InChI=1S/C10H18O2/c1-3-8(2)10(12)7-5-4-6-9(10)11/h3,9,11-12H,4-7H2,1-2H3/b8-3+. The van der Waals surface area contributed by atoms with Crippen molar-refractivity contribution < 1.29 is 10.2 Å². The van der Waals surface area contributed by atoms with Gasteiger partial charge in [0, 0.05) is 0 Å². The second-order valence-corrected chi connectivity index (χ2v) is 3.66. The third kappa shape index (κ3) is 1.54. The van der Waals surface area contributed by atoms with Gasteiger partial charge in [-0.1, -0.05) is 18.9 Å². The van der Waals surface area contributed by atoms with Crippen molar-refractivity contribution >= 4 is 0 Å². The highest BCUT2D eigenvalue weighted by atomic mass is 16.3. The average molecular weight is 170 g/mol. The SMILES string of the molecule is C/C=C(\C)C1(O)CCCCC1O. The Kier molecular flexibility index (Phi) is 2.91. The minimum Gasteiger partial charge on any atom is -0.390 e. The average Bonchev–Trinajstić information content (AvgIpc) is 2.09. The smallest absolute Gasteiger partial charge is 0.111 e. The van der Waals surface area contributed by atoms with Gasteiger partial charge in [-0.25, -0.2) is 0 Å². The van der Waals surface area contributed by atoms with Crippen LogP contribution in [0.15, 0.2) is 11.6 Å². The summed E-state index contributed by atoms with van der Waals surface area (Å²) in [5, 5.41) is 19.7. The Morgan fingerprint density at radius 1 is 1.50 bits per heavy atom. The van der Waals surface area contributed by atoms with E-state index in [4.69, 9.17) is 0 Å². The monoisotopic (exact) mass is 170 g/mol. The van der Waals surface area contributed by atoms with Crippen molar-refractivity contribution in [1.82, 2.24) is 0 Å².